The van der Waals surface area contributed by atoms with Crippen LogP contribution in [-0.2, 0) is 0 Å². The Balaban J connectivity index is 2.31. The molecule has 0 fully saturated rings. The lowest BCUT2D eigenvalue weighted by molar-refractivity contribution is 0.0701. The Hall–Kier alpha value is -2.61. The first-order chi connectivity index (χ1) is 9.58. The maximum absolute atomic E-state index is 12.1. The van der Waals surface area contributed by atoms with Crippen LogP contribution in [0.1, 0.15) is 15.2 Å². The van der Waals surface area contributed by atoms with Crippen LogP contribution in [0.4, 0.5) is 0 Å². The van der Waals surface area contributed by atoms with Crippen molar-refractivity contribution in [2.45, 2.75) is 6.92 Å². The fraction of sp³-hybridized carbons (Fsp3) is 0.0833. The lowest BCUT2D eigenvalue weighted by Gasteiger charge is -1.99. The highest BCUT2D eigenvalue weighted by Crippen LogP contribution is 2.27. The van der Waals surface area contributed by atoms with Gasteiger partial charge in [-0.25, -0.2) is 14.8 Å². The zero-order valence-electron chi connectivity index (χ0n) is 10.2. The minimum absolute atomic E-state index is 0.120. The number of fused-ring (bicyclic) bond motifs is 1. The summed E-state index contributed by atoms with van der Waals surface area (Å²) in [6.45, 7) is 1.60. The third kappa shape index (κ3) is 1.86. The van der Waals surface area contributed by atoms with E-state index >= 15 is 0 Å². The fourth-order valence-corrected chi connectivity index (χ4v) is 2.91. The average molecular weight is 288 g/mol. The van der Waals surface area contributed by atoms with Crippen LogP contribution in [0.5, 0.6) is 0 Å². The number of aromatic carboxylic acids is 1. The lowest BCUT2D eigenvalue weighted by Crippen LogP contribution is -2.10. The van der Waals surface area contributed by atoms with E-state index in [1.807, 2.05) is 0 Å². The van der Waals surface area contributed by atoms with Gasteiger partial charge in [-0.05, 0) is 12.5 Å². The van der Waals surface area contributed by atoms with Gasteiger partial charge in [-0.1, -0.05) is 0 Å². The summed E-state index contributed by atoms with van der Waals surface area (Å²) in [7, 11) is 0. The van der Waals surface area contributed by atoms with E-state index in [2.05, 4.69) is 19.9 Å². The number of thiophene rings is 1. The SMILES string of the molecule is Cc1c(C(=O)O)sc2nc(-c3cnccn3)[nH]c(=O)c12. The molecule has 0 aliphatic carbocycles. The molecule has 0 amide bonds. The Morgan fingerprint density at radius 3 is 2.85 bits per heavy atom. The van der Waals surface area contributed by atoms with Gasteiger partial charge in [0.05, 0.1) is 11.6 Å². The van der Waals surface area contributed by atoms with Gasteiger partial charge in [0.15, 0.2) is 5.82 Å². The predicted molar refractivity (Wildman–Crippen MR) is 73.0 cm³/mol. The van der Waals surface area contributed by atoms with E-state index < -0.39 is 5.97 Å². The molecule has 0 unspecified atom stereocenters. The molecular formula is C12H8N4O3S. The second kappa shape index (κ2) is 4.49. The Morgan fingerprint density at radius 2 is 2.20 bits per heavy atom. The summed E-state index contributed by atoms with van der Waals surface area (Å²) in [4.78, 5) is 38.5. The summed E-state index contributed by atoms with van der Waals surface area (Å²) in [5.74, 6) is -0.792. The van der Waals surface area contributed by atoms with Crippen LogP contribution in [0.15, 0.2) is 23.4 Å². The number of aromatic amines is 1. The van der Waals surface area contributed by atoms with E-state index in [4.69, 9.17) is 5.11 Å². The number of carboxylic acids is 1. The molecule has 2 N–H and O–H groups in total. The van der Waals surface area contributed by atoms with Crippen LogP contribution in [0.25, 0.3) is 21.7 Å². The third-order valence-corrected chi connectivity index (χ3v) is 3.97. The fourth-order valence-electron chi connectivity index (χ4n) is 1.89. The van der Waals surface area contributed by atoms with Crippen LogP contribution < -0.4 is 5.56 Å². The zero-order chi connectivity index (χ0) is 14.3. The molecule has 0 aliphatic heterocycles. The molecule has 0 atom stereocenters. The van der Waals surface area contributed by atoms with Crippen molar-refractivity contribution in [1.82, 2.24) is 19.9 Å². The number of carbonyl (C=O) groups is 1. The van der Waals surface area contributed by atoms with Gasteiger partial charge in [-0.2, -0.15) is 0 Å². The first kappa shape index (κ1) is 12.4. The quantitative estimate of drug-likeness (QED) is 0.738. The van der Waals surface area contributed by atoms with Gasteiger partial charge in [0.25, 0.3) is 5.56 Å². The van der Waals surface area contributed by atoms with E-state index in [0.717, 1.165) is 11.3 Å². The highest BCUT2D eigenvalue weighted by atomic mass is 32.1. The Labute approximate surface area is 116 Å². The number of aryl methyl sites for hydroxylation is 1. The predicted octanol–water partition coefficient (Wildman–Crippen LogP) is 1.45. The topological polar surface area (TPSA) is 109 Å². The van der Waals surface area contributed by atoms with Crippen molar-refractivity contribution in [3.8, 4) is 11.5 Å². The number of nitrogens with one attached hydrogen (secondary N) is 1. The summed E-state index contributed by atoms with van der Waals surface area (Å²) in [6.07, 6.45) is 4.47. The van der Waals surface area contributed by atoms with Gasteiger partial charge in [-0.3, -0.25) is 9.78 Å². The normalized spacial score (nSPS) is 10.8. The molecule has 100 valence electrons. The molecule has 3 heterocycles. The third-order valence-electron chi connectivity index (χ3n) is 2.80. The number of rotatable bonds is 2. The van der Waals surface area contributed by atoms with Gasteiger partial charge in [0.1, 0.15) is 15.4 Å². The van der Waals surface area contributed by atoms with Crippen molar-refractivity contribution in [3.63, 3.8) is 0 Å². The van der Waals surface area contributed by atoms with Gasteiger partial charge < -0.3 is 10.1 Å². The number of hydrogen-bond acceptors (Lipinski definition) is 6. The molecule has 0 aromatic carbocycles. The first-order valence-corrected chi connectivity index (χ1v) is 6.42. The van der Waals surface area contributed by atoms with E-state index in [0.29, 0.717) is 21.5 Å². The number of carboxylic acid groups (broad SMARTS) is 1. The monoisotopic (exact) mass is 288 g/mol. The van der Waals surface area contributed by atoms with Crippen molar-refractivity contribution in [2.24, 2.45) is 0 Å². The highest BCUT2D eigenvalue weighted by molar-refractivity contribution is 7.20. The highest BCUT2D eigenvalue weighted by Gasteiger charge is 2.19. The molecular weight excluding hydrogens is 280 g/mol. The van der Waals surface area contributed by atoms with Crippen LogP contribution >= 0.6 is 11.3 Å². The average Bonchev–Trinajstić information content (AvgIpc) is 2.77. The second-order valence-corrected chi connectivity index (χ2v) is 5.05. The Kier molecular flexibility index (Phi) is 2.79. The van der Waals surface area contributed by atoms with E-state index in [1.165, 1.54) is 18.6 Å². The molecule has 0 saturated heterocycles. The standard InChI is InChI=1S/C12H8N4O3S/c1-5-7-10(17)15-9(6-4-13-2-3-14-6)16-11(7)20-8(5)12(18)19/h2-4H,1H3,(H,18,19)(H,15,16,17). The minimum atomic E-state index is -1.06. The summed E-state index contributed by atoms with van der Waals surface area (Å²) >= 11 is 0.976. The first-order valence-electron chi connectivity index (χ1n) is 5.61. The van der Waals surface area contributed by atoms with Crippen molar-refractivity contribution in [3.05, 3.63) is 39.4 Å². The van der Waals surface area contributed by atoms with Crippen LogP contribution in [-0.4, -0.2) is 31.0 Å². The Bertz CT molecular complexity index is 870. The molecule has 8 heteroatoms. The van der Waals surface area contributed by atoms with Crippen LogP contribution in [0, 0.1) is 6.92 Å². The maximum Gasteiger partial charge on any atom is 0.346 e. The molecule has 3 aromatic heterocycles. The van der Waals surface area contributed by atoms with E-state index in [9.17, 15) is 9.59 Å². The number of nitrogens with zero attached hydrogens (tertiary/aromatic N) is 3. The maximum atomic E-state index is 12.1. The number of H-pyrrole nitrogens is 1. The van der Waals surface area contributed by atoms with Crippen LogP contribution in [0.2, 0.25) is 0 Å². The molecule has 20 heavy (non-hydrogen) atoms. The molecule has 0 spiro atoms. The number of hydrogen-bond donors (Lipinski definition) is 2. The molecule has 0 bridgehead atoms. The van der Waals surface area contributed by atoms with Crippen molar-refractivity contribution in [1.29, 1.82) is 0 Å². The summed E-state index contributed by atoms with van der Waals surface area (Å²) < 4.78 is 0. The lowest BCUT2D eigenvalue weighted by atomic mass is 10.2. The summed E-state index contributed by atoms with van der Waals surface area (Å²) in [5.41, 5.74) is 0.475. The zero-order valence-corrected chi connectivity index (χ0v) is 11.1. The number of aromatic nitrogens is 4. The van der Waals surface area contributed by atoms with Crippen molar-refractivity contribution >= 4 is 27.5 Å². The summed E-state index contributed by atoms with van der Waals surface area (Å²) in [6, 6.07) is 0. The minimum Gasteiger partial charge on any atom is -0.477 e. The molecule has 0 saturated carbocycles. The summed E-state index contributed by atoms with van der Waals surface area (Å²) in [5, 5.41) is 9.40. The van der Waals surface area contributed by atoms with E-state index in [1.54, 1.807) is 6.92 Å². The second-order valence-electron chi connectivity index (χ2n) is 4.05. The van der Waals surface area contributed by atoms with Gasteiger partial charge in [0, 0.05) is 12.4 Å². The van der Waals surface area contributed by atoms with Gasteiger partial charge >= 0.3 is 5.97 Å². The van der Waals surface area contributed by atoms with Crippen molar-refractivity contribution in [2.75, 3.05) is 0 Å². The largest absolute Gasteiger partial charge is 0.477 e. The molecule has 3 rings (SSSR count). The van der Waals surface area contributed by atoms with Gasteiger partial charge in [-0.15, -0.1) is 11.3 Å². The van der Waals surface area contributed by atoms with Crippen molar-refractivity contribution < 1.29 is 9.90 Å². The molecule has 0 radical (unpaired) electrons. The smallest absolute Gasteiger partial charge is 0.346 e. The molecule has 0 aliphatic rings. The molecule has 3 aromatic rings. The van der Waals surface area contributed by atoms with Gasteiger partial charge in [0.2, 0.25) is 0 Å². The Morgan fingerprint density at radius 1 is 1.40 bits per heavy atom. The van der Waals surface area contributed by atoms with E-state index in [-0.39, 0.29) is 16.3 Å². The molecule has 7 nitrogen and oxygen atoms in total. The van der Waals surface area contributed by atoms with Crippen LogP contribution in [0.3, 0.4) is 0 Å².